The molecule has 0 spiro atoms. The zero-order valence-electron chi connectivity index (χ0n) is 11.0. The Hall–Kier alpha value is -1.19. The van der Waals surface area contributed by atoms with E-state index in [1.807, 2.05) is 12.1 Å². The number of aliphatic hydroxyl groups excluding tert-OH is 1. The van der Waals surface area contributed by atoms with Gasteiger partial charge in [0.25, 0.3) is 0 Å². The normalized spacial score (nSPS) is 19.4. The Kier molecular flexibility index (Phi) is 3.90. The van der Waals surface area contributed by atoms with Crippen molar-refractivity contribution in [3.63, 3.8) is 0 Å². The van der Waals surface area contributed by atoms with Crippen LogP contribution in [0.3, 0.4) is 0 Å². The minimum Gasteiger partial charge on any atom is -0.388 e. The molecule has 0 radical (unpaired) electrons. The molecule has 0 saturated heterocycles. The lowest BCUT2D eigenvalue weighted by Crippen LogP contribution is -2.18. The van der Waals surface area contributed by atoms with Crippen LogP contribution in [0.5, 0.6) is 0 Å². The molecule has 3 rings (SSSR count). The number of halogens is 2. The van der Waals surface area contributed by atoms with Crippen molar-refractivity contribution < 1.29 is 9.50 Å². The van der Waals surface area contributed by atoms with Crippen LogP contribution < -0.4 is 0 Å². The van der Waals surface area contributed by atoms with Crippen molar-refractivity contribution in [3.05, 3.63) is 69.4 Å². The summed E-state index contributed by atoms with van der Waals surface area (Å²) in [4.78, 5) is 0. The van der Waals surface area contributed by atoms with Gasteiger partial charge in [0.05, 0.1) is 6.10 Å². The molecule has 0 amide bonds. The monoisotopic (exact) mass is 334 g/mol. The van der Waals surface area contributed by atoms with E-state index in [4.69, 9.17) is 0 Å². The second kappa shape index (κ2) is 5.66. The van der Waals surface area contributed by atoms with Gasteiger partial charge in [-0.2, -0.15) is 0 Å². The van der Waals surface area contributed by atoms with Crippen LogP contribution in [0, 0.1) is 5.82 Å². The lowest BCUT2D eigenvalue weighted by Gasteiger charge is -2.30. The number of benzene rings is 2. The minimum absolute atomic E-state index is 0.0243. The van der Waals surface area contributed by atoms with Gasteiger partial charge < -0.3 is 5.11 Å². The van der Waals surface area contributed by atoms with Crippen molar-refractivity contribution in [2.45, 2.75) is 31.3 Å². The van der Waals surface area contributed by atoms with Gasteiger partial charge in [-0.05, 0) is 48.6 Å². The Morgan fingerprint density at radius 2 is 2.00 bits per heavy atom. The summed E-state index contributed by atoms with van der Waals surface area (Å²) in [5, 5.41) is 10.6. The van der Waals surface area contributed by atoms with E-state index in [9.17, 15) is 9.50 Å². The third-order valence-corrected chi connectivity index (χ3v) is 4.57. The van der Waals surface area contributed by atoms with Crippen molar-refractivity contribution in [3.8, 4) is 0 Å². The van der Waals surface area contributed by atoms with Crippen molar-refractivity contribution >= 4 is 15.9 Å². The van der Waals surface area contributed by atoms with E-state index in [1.54, 1.807) is 12.1 Å². The van der Waals surface area contributed by atoms with Crippen molar-refractivity contribution in [1.82, 2.24) is 0 Å². The van der Waals surface area contributed by atoms with E-state index in [1.165, 1.54) is 11.6 Å². The summed E-state index contributed by atoms with van der Waals surface area (Å²) in [6, 6.07) is 12.9. The maximum atomic E-state index is 14.0. The quantitative estimate of drug-likeness (QED) is 0.840. The predicted octanol–water partition coefficient (Wildman–Crippen LogP) is 4.74. The summed E-state index contributed by atoms with van der Waals surface area (Å²) in [7, 11) is 0. The molecule has 2 atom stereocenters. The Morgan fingerprint density at radius 3 is 2.85 bits per heavy atom. The first kappa shape index (κ1) is 13.8. The van der Waals surface area contributed by atoms with Gasteiger partial charge in [-0.3, -0.25) is 0 Å². The highest BCUT2D eigenvalue weighted by Gasteiger charge is 2.29. The van der Waals surface area contributed by atoms with Crippen LogP contribution in [0.4, 0.5) is 4.39 Å². The molecule has 2 aromatic carbocycles. The van der Waals surface area contributed by atoms with Crippen LogP contribution in [-0.4, -0.2) is 5.11 Å². The molecule has 2 aromatic rings. The van der Waals surface area contributed by atoms with Crippen molar-refractivity contribution in [1.29, 1.82) is 0 Å². The number of hydrogen-bond acceptors (Lipinski definition) is 1. The summed E-state index contributed by atoms with van der Waals surface area (Å²) in [5.41, 5.74) is 2.81. The molecule has 0 bridgehead atoms. The Bertz CT molecular complexity index is 626. The number of aryl methyl sites for hydroxylation is 1. The minimum atomic E-state index is -0.797. The average Bonchev–Trinajstić information content (AvgIpc) is 2.48. The van der Waals surface area contributed by atoms with E-state index in [0.29, 0.717) is 5.56 Å². The zero-order chi connectivity index (χ0) is 14.1. The molecule has 2 unspecified atom stereocenters. The second-order valence-electron chi connectivity index (χ2n) is 5.31. The highest BCUT2D eigenvalue weighted by Crippen LogP contribution is 2.41. The fourth-order valence-electron chi connectivity index (χ4n) is 3.08. The molecule has 0 fully saturated rings. The van der Waals surface area contributed by atoms with Crippen molar-refractivity contribution in [2.24, 2.45) is 0 Å². The Balaban J connectivity index is 1.99. The van der Waals surface area contributed by atoms with E-state index in [0.717, 1.165) is 29.3 Å². The molecule has 20 heavy (non-hydrogen) atoms. The summed E-state index contributed by atoms with van der Waals surface area (Å²) >= 11 is 3.34. The van der Waals surface area contributed by atoms with E-state index >= 15 is 0 Å². The summed E-state index contributed by atoms with van der Waals surface area (Å²) in [5.74, 6) is -0.368. The third kappa shape index (κ3) is 2.52. The summed E-state index contributed by atoms with van der Waals surface area (Å²) in [6.07, 6.45) is 2.17. The molecule has 0 heterocycles. The molecule has 0 saturated carbocycles. The maximum Gasteiger partial charge on any atom is 0.129 e. The molecule has 1 aliphatic rings. The van der Waals surface area contributed by atoms with Gasteiger partial charge in [0.2, 0.25) is 0 Å². The van der Waals surface area contributed by atoms with Crippen LogP contribution >= 0.6 is 15.9 Å². The van der Waals surface area contributed by atoms with Gasteiger partial charge in [-0.1, -0.05) is 40.2 Å². The first-order valence-corrected chi connectivity index (χ1v) is 7.67. The summed E-state index contributed by atoms with van der Waals surface area (Å²) < 4.78 is 14.8. The Morgan fingerprint density at radius 1 is 1.20 bits per heavy atom. The smallest absolute Gasteiger partial charge is 0.129 e. The largest absolute Gasteiger partial charge is 0.388 e. The van der Waals surface area contributed by atoms with Crippen molar-refractivity contribution in [2.75, 3.05) is 0 Å². The van der Waals surface area contributed by atoms with Crippen LogP contribution in [0.1, 0.15) is 41.6 Å². The molecule has 3 heteroatoms. The molecule has 1 nitrogen and oxygen atoms in total. The van der Waals surface area contributed by atoms with Gasteiger partial charge in [0, 0.05) is 16.0 Å². The highest BCUT2D eigenvalue weighted by molar-refractivity contribution is 9.10. The van der Waals surface area contributed by atoms with E-state index in [-0.39, 0.29) is 11.7 Å². The molecular formula is C17H16BrFO. The molecule has 104 valence electrons. The number of hydrogen-bond donors (Lipinski definition) is 1. The third-order valence-electron chi connectivity index (χ3n) is 4.07. The van der Waals surface area contributed by atoms with Gasteiger partial charge in [0.1, 0.15) is 5.82 Å². The van der Waals surface area contributed by atoms with Crippen LogP contribution in [-0.2, 0) is 6.42 Å². The van der Waals surface area contributed by atoms with Gasteiger partial charge in [-0.15, -0.1) is 0 Å². The van der Waals surface area contributed by atoms with Crippen LogP contribution in [0.15, 0.2) is 46.9 Å². The van der Waals surface area contributed by atoms with Crippen LogP contribution in [0.25, 0.3) is 0 Å². The molecule has 0 aromatic heterocycles. The average molecular weight is 335 g/mol. The van der Waals surface area contributed by atoms with Gasteiger partial charge in [0.15, 0.2) is 0 Å². The topological polar surface area (TPSA) is 20.2 Å². The molecule has 0 aliphatic heterocycles. The first-order valence-electron chi connectivity index (χ1n) is 6.87. The number of aliphatic hydroxyl groups is 1. The molecule has 1 aliphatic carbocycles. The second-order valence-corrected chi connectivity index (χ2v) is 6.22. The fourth-order valence-corrected chi connectivity index (χ4v) is 3.46. The Labute approximate surface area is 126 Å². The lowest BCUT2D eigenvalue weighted by atomic mass is 9.78. The standard InChI is InChI=1S/C17H16BrFO/c18-12-8-9-16(19)15(10-12)17(20)14-7-3-5-11-4-1-2-6-13(11)14/h1-2,4,6,8-10,14,17,20H,3,5,7H2. The zero-order valence-corrected chi connectivity index (χ0v) is 12.6. The lowest BCUT2D eigenvalue weighted by molar-refractivity contribution is 0.132. The maximum absolute atomic E-state index is 14.0. The first-order chi connectivity index (χ1) is 9.66. The van der Waals surface area contributed by atoms with E-state index in [2.05, 4.69) is 28.1 Å². The fraction of sp³-hybridized carbons (Fsp3) is 0.294. The predicted molar refractivity (Wildman–Crippen MR) is 81.2 cm³/mol. The number of rotatable bonds is 2. The number of fused-ring (bicyclic) bond motifs is 1. The van der Waals surface area contributed by atoms with Gasteiger partial charge >= 0.3 is 0 Å². The highest BCUT2D eigenvalue weighted by atomic mass is 79.9. The van der Waals surface area contributed by atoms with E-state index < -0.39 is 6.10 Å². The SMILES string of the molecule is OC(c1cc(Br)ccc1F)C1CCCc2ccccc21. The van der Waals surface area contributed by atoms with Gasteiger partial charge in [-0.25, -0.2) is 4.39 Å². The van der Waals surface area contributed by atoms with Crippen LogP contribution in [0.2, 0.25) is 0 Å². The molecule has 1 N–H and O–H groups in total. The summed E-state index contributed by atoms with van der Waals surface area (Å²) in [6.45, 7) is 0. The molecular weight excluding hydrogens is 319 g/mol.